The van der Waals surface area contributed by atoms with Crippen LogP contribution < -0.4 is 5.32 Å². The Morgan fingerprint density at radius 3 is 2.50 bits per heavy atom. The van der Waals surface area contributed by atoms with E-state index in [4.69, 9.17) is 5.11 Å². The average Bonchev–Trinajstić information content (AvgIpc) is 2.55. The lowest BCUT2D eigenvalue weighted by Gasteiger charge is -2.27. The number of amides is 1. The van der Waals surface area contributed by atoms with Gasteiger partial charge >= 0.3 is 5.97 Å². The summed E-state index contributed by atoms with van der Waals surface area (Å²) in [6.45, 7) is 4.12. The zero-order valence-electron chi connectivity index (χ0n) is 14.2. The molecule has 2 rings (SSSR count). The van der Waals surface area contributed by atoms with E-state index in [0.29, 0.717) is 18.4 Å². The van der Waals surface area contributed by atoms with Crippen LogP contribution in [0.1, 0.15) is 49.9 Å². The van der Waals surface area contributed by atoms with Gasteiger partial charge in [-0.3, -0.25) is 9.59 Å². The highest BCUT2D eigenvalue weighted by Crippen LogP contribution is 2.26. The van der Waals surface area contributed by atoms with E-state index in [1.165, 1.54) is 5.57 Å². The van der Waals surface area contributed by atoms with Crippen LogP contribution in [0.3, 0.4) is 0 Å². The molecule has 1 amide bonds. The Bertz CT molecular complexity index is 615. The molecular formula is C19H25NO3S. The molecule has 1 aromatic carbocycles. The summed E-state index contributed by atoms with van der Waals surface area (Å²) in [4.78, 5) is 24.6. The van der Waals surface area contributed by atoms with E-state index in [1.807, 2.05) is 24.3 Å². The number of aliphatic carboxylic acids is 1. The molecule has 0 saturated heterocycles. The molecule has 0 radical (unpaired) electrons. The zero-order valence-corrected chi connectivity index (χ0v) is 15.1. The molecule has 0 atom stereocenters. The number of nitrogens with one attached hydrogen (secondary N) is 1. The third-order valence-corrected chi connectivity index (χ3v) is 5.27. The van der Waals surface area contributed by atoms with Gasteiger partial charge < -0.3 is 10.4 Å². The van der Waals surface area contributed by atoms with Crippen molar-refractivity contribution in [2.24, 2.45) is 5.92 Å². The first kappa shape index (κ1) is 18.6. The molecule has 24 heavy (non-hydrogen) atoms. The monoisotopic (exact) mass is 347 g/mol. The highest BCUT2D eigenvalue weighted by molar-refractivity contribution is 7.99. The van der Waals surface area contributed by atoms with Gasteiger partial charge in [0.05, 0.1) is 11.5 Å². The van der Waals surface area contributed by atoms with Crippen LogP contribution in [0.4, 0.5) is 0 Å². The van der Waals surface area contributed by atoms with E-state index < -0.39 is 5.97 Å². The summed E-state index contributed by atoms with van der Waals surface area (Å²) in [6.07, 6.45) is 4.88. The van der Waals surface area contributed by atoms with Crippen LogP contribution in [-0.2, 0) is 4.79 Å². The first-order chi connectivity index (χ1) is 11.5. The molecule has 0 aliphatic heterocycles. The van der Waals surface area contributed by atoms with Crippen molar-refractivity contribution in [2.45, 2.75) is 50.5 Å². The third kappa shape index (κ3) is 5.41. The number of benzene rings is 1. The largest absolute Gasteiger partial charge is 0.481 e. The van der Waals surface area contributed by atoms with Crippen LogP contribution in [0.5, 0.6) is 0 Å². The van der Waals surface area contributed by atoms with Gasteiger partial charge in [0, 0.05) is 16.7 Å². The van der Waals surface area contributed by atoms with Gasteiger partial charge in [-0.2, -0.15) is 0 Å². The summed E-state index contributed by atoms with van der Waals surface area (Å²) < 4.78 is 0. The summed E-state index contributed by atoms with van der Waals surface area (Å²) in [5.74, 6) is -0.198. The van der Waals surface area contributed by atoms with Gasteiger partial charge in [0.2, 0.25) is 0 Å². The highest BCUT2D eigenvalue weighted by atomic mass is 32.2. The Morgan fingerprint density at radius 2 is 1.88 bits per heavy atom. The highest BCUT2D eigenvalue weighted by Gasteiger charge is 2.27. The lowest BCUT2D eigenvalue weighted by atomic mass is 9.86. The lowest BCUT2D eigenvalue weighted by Crippen LogP contribution is -2.38. The van der Waals surface area contributed by atoms with E-state index in [2.05, 4.69) is 25.2 Å². The molecule has 0 aromatic heterocycles. The summed E-state index contributed by atoms with van der Waals surface area (Å²) >= 11 is 1.66. The number of carbonyl (C=O) groups is 2. The van der Waals surface area contributed by atoms with Gasteiger partial charge in [-0.05, 0) is 51.7 Å². The maximum absolute atomic E-state index is 12.6. The fourth-order valence-corrected chi connectivity index (χ4v) is 3.91. The molecule has 2 N–H and O–H groups in total. The first-order valence-electron chi connectivity index (χ1n) is 8.36. The minimum absolute atomic E-state index is 0.0610. The van der Waals surface area contributed by atoms with Gasteiger partial charge in [-0.1, -0.05) is 23.8 Å². The Hall–Kier alpha value is -1.75. The van der Waals surface area contributed by atoms with Crippen LogP contribution in [-0.4, -0.2) is 28.8 Å². The molecule has 4 nitrogen and oxygen atoms in total. The quantitative estimate of drug-likeness (QED) is 0.600. The predicted octanol–water partition coefficient (Wildman–Crippen LogP) is 4.12. The van der Waals surface area contributed by atoms with Gasteiger partial charge in [-0.15, -0.1) is 11.8 Å². The number of carboxylic acids is 1. The number of carboxylic acid groups (broad SMARTS) is 1. The van der Waals surface area contributed by atoms with Crippen molar-refractivity contribution < 1.29 is 14.7 Å². The predicted molar refractivity (Wildman–Crippen MR) is 97.4 cm³/mol. The number of thioether (sulfide) groups is 1. The van der Waals surface area contributed by atoms with E-state index in [9.17, 15) is 9.59 Å². The molecule has 1 aromatic rings. The van der Waals surface area contributed by atoms with Crippen LogP contribution in [0.2, 0.25) is 0 Å². The number of hydrogen-bond donors (Lipinski definition) is 2. The van der Waals surface area contributed by atoms with E-state index in [0.717, 1.165) is 23.5 Å². The molecule has 0 bridgehead atoms. The molecule has 5 heteroatoms. The maximum atomic E-state index is 12.6. The fraction of sp³-hybridized carbons (Fsp3) is 0.474. The summed E-state index contributed by atoms with van der Waals surface area (Å²) in [5.41, 5.74) is 1.96. The normalized spacial score (nSPS) is 20.2. The average molecular weight is 347 g/mol. The van der Waals surface area contributed by atoms with Crippen LogP contribution >= 0.6 is 11.8 Å². The fourth-order valence-electron chi connectivity index (χ4n) is 2.83. The van der Waals surface area contributed by atoms with E-state index >= 15 is 0 Å². The summed E-state index contributed by atoms with van der Waals surface area (Å²) in [5, 5.41) is 12.1. The van der Waals surface area contributed by atoms with Crippen molar-refractivity contribution in [1.29, 1.82) is 0 Å². The van der Waals surface area contributed by atoms with Crippen molar-refractivity contribution in [3.05, 3.63) is 41.5 Å². The van der Waals surface area contributed by atoms with Crippen LogP contribution in [0.15, 0.2) is 40.8 Å². The van der Waals surface area contributed by atoms with Crippen molar-refractivity contribution in [3.63, 3.8) is 0 Å². The topological polar surface area (TPSA) is 66.4 Å². The minimum atomic E-state index is -0.721. The molecular weight excluding hydrogens is 322 g/mol. The smallest absolute Gasteiger partial charge is 0.306 e. The first-order valence-corrected chi connectivity index (χ1v) is 9.34. The third-order valence-electron chi connectivity index (χ3n) is 4.27. The summed E-state index contributed by atoms with van der Waals surface area (Å²) in [6, 6.07) is 7.72. The lowest BCUT2D eigenvalue weighted by molar-refractivity contribution is -0.142. The number of hydrogen-bond acceptors (Lipinski definition) is 3. The molecule has 1 aliphatic rings. The molecule has 1 fully saturated rings. The second kappa shape index (κ2) is 8.92. The van der Waals surface area contributed by atoms with E-state index in [1.54, 1.807) is 11.8 Å². The van der Waals surface area contributed by atoms with Crippen LogP contribution in [0, 0.1) is 5.92 Å². The van der Waals surface area contributed by atoms with E-state index in [-0.39, 0.29) is 17.9 Å². The minimum Gasteiger partial charge on any atom is -0.481 e. The molecule has 130 valence electrons. The zero-order chi connectivity index (χ0) is 17.5. The Morgan fingerprint density at radius 1 is 1.21 bits per heavy atom. The Balaban J connectivity index is 1.95. The van der Waals surface area contributed by atoms with Crippen molar-refractivity contribution in [3.8, 4) is 0 Å². The van der Waals surface area contributed by atoms with Crippen molar-refractivity contribution in [2.75, 3.05) is 5.75 Å². The number of carbonyl (C=O) groups excluding carboxylic acids is 1. The van der Waals surface area contributed by atoms with Gasteiger partial charge in [0.15, 0.2) is 0 Å². The molecule has 0 heterocycles. The molecule has 0 unspecified atom stereocenters. The van der Waals surface area contributed by atoms with Crippen molar-refractivity contribution in [1.82, 2.24) is 5.32 Å². The van der Waals surface area contributed by atoms with Gasteiger partial charge in [-0.25, -0.2) is 0 Å². The van der Waals surface area contributed by atoms with Crippen LogP contribution in [0.25, 0.3) is 0 Å². The van der Waals surface area contributed by atoms with Crippen molar-refractivity contribution >= 4 is 23.6 Å². The van der Waals surface area contributed by atoms with Gasteiger partial charge in [0.25, 0.3) is 5.91 Å². The second-order valence-corrected chi connectivity index (χ2v) is 7.51. The number of allylic oxidation sites excluding steroid dienone is 1. The SMILES string of the molecule is CC(C)=CCSc1ccccc1C(=O)NC1CCC(C(=O)O)CC1. The standard InChI is InChI=1S/C19H25NO3S/c1-13(2)11-12-24-17-6-4-3-5-16(17)18(21)20-15-9-7-14(8-10-15)19(22)23/h3-6,11,14-15H,7-10,12H2,1-2H3,(H,20,21)(H,22,23). The maximum Gasteiger partial charge on any atom is 0.306 e. The molecule has 1 aliphatic carbocycles. The van der Waals surface area contributed by atoms with Gasteiger partial charge in [0.1, 0.15) is 0 Å². The molecule has 1 saturated carbocycles. The number of rotatable bonds is 6. The second-order valence-electron chi connectivity index (χ2n) is 6.45. The molecule has 0 spiro atoms. The Kier molecular flexibility index (Phi) is 6.91. The Labute approximate surface area is 147 Å². The summed E-state index contributed by atoms with van der Waals surface area (Å²) in [7, 11) is 0.